The molecule has 3 saturated carbocycles. The van der Waals surface area contributed by atoms with E-state index in [1.54, 1.807) is 0 Å². The fourth-order valence-corrected chi connectivity index (χ4v) is 4.68. The molecule has 0 spiro atoms. The van der Waals surface area contributed by atoms with E-state index in [1.165, 1.54) is 0 Å². The van der Waals surface area contributed by atoms with Crippen molar-refractivity contribution in [3.05, 3.63) is 35.9 Å². The molecule has 3 aliphatic carbocycles. The summed E-state index contributed by atoms with van der Waals surface area (Å²) in [4.78, 5) is 0. The highest BCUT2D eigenvalue weighted by molar-refractivity contribution is 5.18. The van der Waals surface area contributed by atoms with Crippen LogP contribution in [0.5, 0.6) is 0 Å². The van der Waals surface area contributed by atoms with Crippen molar-refractivity contribution in [2.45, 2.75) is 64.3 Å². The molecule has 128 valence electrons. The normalized spacial score (nSPS) is 36.3. The van der Waals surface area contributed by atoms with Crippen molar-refractivity contribution in [1.82, 2.24) is 0 Å². The van der Waals surface area contributed by atoms with Crippen molar-refractivity contribution in [1.29, 1.82) is 0 Å². The minimum Gasteiger partial charge on any atom is -0.390 e. The summed E-state index contributed by atoms with van der Waals surface area (Å²) in [6.45, 7) is 6.78. The monoisotopic (exact) mass is 318 g/mol. The van der Waals surface area contributed by atoms with E-state index < -0.39 is 11.7 Å². The van der Waals surface area contributed by atoms with Crippen LogP contribution < -0.4 is 0 Å². The number of hydrogen-bond donors (Lipinski definition) is 2. The van der Waals surface area contributed by atoms with Gasteiger partial charge < -0.3 is 14.9 Å². The van der Waals surface area contributed by atoms with Crippen LogP contribution in [0.25, 0.3) is 0 Å². The van der Waals surface area contributed by atoms with Crippen molar-refractivity contribution in [3.8, 4) is 0 Å². The molecule has 0 heterocycles. The van der Waals surface area contributed by atoms with Gasteiger partial charge in [-0.2, -0.15) is 0 Å². The summed E-state index contributed by atoms with van der Waals surface area (Å²) in [6, 6.07) is 10.2. The van der Waals surface area contributed by atoms with Crippen LogP contribution in [0, 0.1) is 17.3 Å². The average molecular weight is 318 g/mol. The SMILES string of the molecule is CCC[C@@H](OC[C@@]1(O)[C@@H]2C[C@H](C[C@@H]1O)C2(C)C)c1ccccc1. The van der Waals surface area contributed by atoms with Gasteiger partial charge in [0.05, 0.1) is 18.8 Å². The van der Waals surface area contributed by atoms with Gasteiger partial charge in [-0.15, -0.1) is 0 Å². The van der Waals surface area contributed by atoms with Gasteiger partial charge >= 0.3 is 0 Å². The minimum absolute atomic E-state index is 0.0154. The molecule has 0 aliphatic heterocycles. The summed E-state index contributed by atoms with van der Waals surface area (Å²) in [7, 11) is 0. The third kappa shape index (κ3) is 2.84. The maximum Gasteiger partial charge on any atom is 0.117 e. The Morgan fingerprint density at radius 1 is 1.22 bits per heavy atom. The molecule has 0 radical (unpaired) electrons. The molecule has 1 aromatic carbocycles. The molecule has 3 aliphatic rings. The second-order valence-electron chi connectivity index (χ2n) is 8.05. The molecule has 0 amide bonds. The zero-order chi connectivity index (χ0) is 16.7. The van der Waals surface area contributed by atoms with Crippen LogP contribution in [-0.4, -0.2) is 28.5 Å². The number of rotatable bonds is 6. The standard InChI is InChI=1S/C20H30O3/c1-4-8-16(14-9-6-5-7-10-14)23-13-20(22)17-11-15(12-18(20)21)19(17,2)3/h5-7,9-10,15-18,21-22H,4,8,11-13H2,1-3H3/t15-,16-,17-,18+,20-/m1/s1. The first-order chi connectivity index (χ1) is 10.9. The summed E-state index contributed by atoms with van der Waals surface area (Å²) in [5.74, 6) is 0.658. The molecule has 3 nitrogen and oxygen atoms in total. The fraction of sp³-hybridized carbons (Fsp3) is 0.700. The Balaban J connectivity index is 1.72. The molecule has 2 bridgehead atoms. The molecule has 0 aromatic heterocycles. The Bertz CT molecular complexity index is 527. The van der Waals surface area contributed by atoms with Crippen LogP contribution in [0.15, 0.2) is 30.3 Å². The first-order valence-electron chi connectivity index (χ1n) is 8.96. The molecular weight excluding hydrogens is 288 g/mol. The topological polar surface area (TPSA) is 49.7 Å². The van der Waals surface area contributed by atoms with Gasteiger partial charge in [0.1, 0.15) is 5.60 Å². The number of aliphatic hydroxyl groups is 2. The van der Waals surface area contributed by atoms with Gasteiger partial charge in [0.25, 0.3) is 0 Å². The third-order valence-corrected chi connectivity index (χ3v) is 6.40. The molecule has 2 N–H and O–H groups in total. The van der Waals surface area contributed by atoms with E-state index in [9.17, 15) is 10.2 Å². The summed E-state index contributed by atoms with van der Waals surface area (Å²) in [5.41, 5.74) is 0.137. The van der Waals surface area contributed by atoms with Gasteiger partial charge in [0.2, 0.25) is 0 Å². The van der Waals surface area contributed by atoms with Crippen molar-refractivity contribution < 1.29 is 14.9 Å². The molecule has 1 aromatic rings. The molecule has 0 unspecified atom stereocenters. The van der Waals surface area contributed by atoms with Gasteiger partial charge in [-0.3, -0.25) is 0 Å². The van der Waals surface area contributed by atoms with Crippen LogP contribution in [-0.2, 0) is 4.74 Å². The fourth-order valence-electron chi connectivity index (χ4n) is 4.68. The highest BCUT2D eigenvalue weighted by Crippen LogP contribution is 2.62. The number of benzene rings is 1. The highest BCUT2D eigenvalue weighted by atomic mass is 16.5. The minimum atomic E-state index is -1.11. The van der Waals surface area contributed by atoms with Crippen LogP contribution in [0.2, 0.25) is 0 Å². The van der Waals surface area contributed by atoms with Crippen molar-refractivity contribution >= 4 is 0 Å². The van der Waals surface area contributed by atoms with E-state index in [4.69, 9.17) is 4.74 Å². The first kappa shape index (κ1) is 16.9. The Hall–Kier alpha value is -0.900. The predicted molar refractivity (Wildman–Crippen MR) is 91.0 cm³/mol. The van der Waals surface area contributed by atoms with Gasteiger partial charge in [-0.25, -0.2) is 0 Å². The predicted octanol–water partition coefficient (Wildman–Crippen LogP) is 3.70. The van der Waals surface area contributed by atoms with Crippen molar-refractivity contribution in [2.24, 2.45) is 17.3 Å². The maximum atomic E-state index is 11.2. The zero-order valence-electron chi connectivity index (χ0n) is 14.5. The quantitative estimate of drug-likeness (QED) is 0.841. The molecule has 3 fully saturated rings. The van der Waals surface area contributed by atoms with Gasteiger partial charge in [-0.1, -0.05) is 57.5 Å². The molecule has 5 atom stereocenters. The zero-order valence-corrected chi connectivity index (χ0v) is 14.5. The summed E-state index contributed by atoms with van der Waals surface area (Å²) in [6.07, 6.45) is 2.96. The number of hydrogen-bond acceptors (Lipinski definition) is 3. The Morgan fingerprint density at radius 3 is 2.52 bits per heavy atom. The lowest BCUT2D eigenvalue weighted by Crippen LogP contribution is -2.69. The lowest BCUT2D eigenvalue weighted by molar-refractivity contribution is -0.273. The van der Waals surface area contributed by atoms with Crippen LogP contribution in [0.4, 0.5) is 0 Å². The Kier molecular flexibility index (Phi) is 4.56. The van der Waals surface area contributed by atoms with E-state index in [-0.39, 0.29) is 24.0 Å². The number of aliphatic hydroxyl groups excluding tert-OH is 1. The lowest BCUT2D eigenvalue weighted by Gasteiger charge is -2.64. The molecule has 0 saturated heterocycles. The van der Waals surface area contributed by atoms with E-state index in [0.717, 1.165) is 24.8 Å². The molecule has 3 heteroatoms. The van der Waals surface area contributed by atoms with E-state index >= 15 is 0 Å². The molecule has 23 heavy (non-hydrogen) atoms. The average Bonchev–Trinajstić information content (AvgIpc) is 2.54. The summed E-state index contributed by atoms with van der Waals surface area (Å²) >= 11 is 0. The summed E-state index contributed by atoms with van der Waals surface area (Å²) in [5, 5.41) is 21.6. The molecule has 4 rings (SSSR count). The summed E-state index contributed by atoms with van der Waals surface area (Å²) < 4.78 is 6.16. The van der Waals surface area contributed by atoms with Crippen molar-refractivity contribution in [2.75, 3.05) is 6.61 Å². The van der Waals surface area contributed by atoms with E-state index in [1.807, 2.05) is 18.2 Å². The van der Waals surface area contributed by atoms with E-state index in [2.05, 4.69) is 32.9 Å². The molecular formula is C20H30O3. The van der Waals surface area contributed by atoms with Crippen molar-refractivity contribution in [3.63, 3.8) is 0 Å². The number of fused-ring (bicyclic) bond motifs is 2. The smallest absolute Gasteiger partial charge is 0.117 e. The Morgan fingerprint density at radius 2 is 1.91 bits per heavy atom. The van der Waals surface area contributed by atoms with Gasteiger partial charge in [0, 0.05) is 0 Å². The number of ether oxygens (including phenoxy) is 1. The van der Waals surface area contributed by atoms with Gasteiger partial charge in [0.15, 0.2) is 0 Å². The largest absolute Gasteiger partial charge is 0.390 e. The van der Waals surface area contributed by atoms with Gasteiger partial charge in [-0.05, 0) is 42.1 Å². The third-order valence-electron chi connectivity index (χ3n) is 6.40. The lowest BCUT2D eigenvalue weighted by atomic mass is 9.43. The second kappa shape index (κ2) is 6.19. The Labute approximate surface area is 139 Å². The highest BCUT2D eigenvalue weighted by Gasteiger charge is 2.64. The maximum absolute atomic E-state index is 11.2. The van der Waals surface area contributed by atoms with Crippen LogP contribution in [0.1, 0.15) is 58.1 Å². The second-order valence-corrected chi connectivity index (χ2v) is 8.05. The van der Waals surface area contributed by atoms with E-state index in [0.29, 0.717) is 12.3 Å². The first-order valence-corrected chi connectivity index (χ1v) is 8.96. The van der Waals surface area contributed by atoms with Crippen LogP contribution >= 0.6 is 0 Å². The van der Waals surface area contributed by atoms with Crippen LogP contribution in [0.3, 0.4) is 0 Å².